The summed E-state index contributed by atoms with van der Waals surface area (Å²) in [4.78, 5) is 8.86. The van der Waals surface area contributed by atoms with E-state index in [1.807, 2.05) is 6.07 Å². The summed E-state index contributed by atoms with van der Waals surface area (Å²) >= 11 is 0. The summed E-state index contributed by atoms with van der Waals surface area (Å²) in [7, 11) is 0. The van der Waals surface area contributed by atoms with Crippen molar-refractivity contribution in [1.82, 2.24) is 24.6 Å². The van der Waals surface area contributed by atoms with Crippen molar-refractivity contribution in [3.05, 3.63) is 71.1 Å². The van der Waals surface area contributed by atoms with Gasteiger partial charge in [-0.05, 0) is 48.6 Å². The molecular weight excluding hydrogens is 369 g/mol. The summed E-state index contributed by atoms with van der Waals surface area (Å²) in [5, 5.41) is 20.5. The summed E-state index contributed by atoms with van der Waals surface area (Å²) in [6.07, 6.45) is 7.77. The molecule has 0 radical (unpaired) electrons. The van der Waals surface area contributed by atoms with Gasteiger partial charge in [0.1, 0.15) is 11.9 Å². The van der Waals surface area contributed by atoms with Gasteiger partial charge < -0.3 is 5.32 Å². The minimum Gasteiger partial charge on any atom is -0.351 e. The molecule has 8 heteroatoms. The maximum atomic E-state index is 14.5. The van der Waals surface area contributed by atoms with Crippen LogP contribution in [0.1, 0.15) is 28.8 Å². The standard InChI is InChI=1S/C21H16FN7/c22-18-7-6-13-3-1-4-15(13)16(18)10-24-21-25-11-17(19-5-2-8-26-28-19)20-27-14(9-23)12-29(20)21/h2,5-8,11-12H,1,3-4,10H2,(H,24,25). The van der Waals surface area contributed by atoms with E-state index >= 15 is 0 Å². The first-order valence-electron chi connectivity index (χ1n) is 9.34. The number of imidazole rings is 1. The van der Waals surface area contributed by atoms with Crippen molar-refractivity contribution in [3.63, 3.8) is 0 Å². The molecule has 0 atom stereocenters. The molecule has 5 rings (SSSR count). The van der Waals surface area contributed by atoms with Crippen LogP contribution >= 0.6 is 0 Å². The smallest absolute Gasteiger partial charge is 0.208 e. The van der Waals surface area contributed by atoms with Gasteiger partial charge in [-0.3, -0.25) is 4.40 Å². The van der Waals surface area contributed by atoms with E-state index in [9.17, 15) is 9.65 Å². The highest BCUT2D eigenvalue weighted by Gasteiger charge is 2.19. The van der Waals surface area contributed by atoms with Gasteiger partial charge in [-0.25, -0.2) is 14.4 Å². The number of hydrogen-bond acceptors (Lipinski definition) is 6. The number of hydrogen-bond donors (Lipinski definition) is 1. The number of halogens is 1. The summed E-state index contributed by atoms with van der Waals surface area (Å²) < 4.78 is 16.2. The molecule has 0 spiro atoms. The number of rotatable bonds is 4. The summed E-state index contributed by atoms with van der Waals surface area (Å²) in [5.74, 6) is 0.269. The number of anilines is 1. The van der Waals surface area contributed by atoms with Gasteiger partial charge in [0.15, 0.2) is 11.3 Å². The second-order valence-corrected chi connectivity index (χ2v) is 6.91. The number of nitrogens with zero attached hydrogens (tertiary/aromatic N) is 6. The van der Waals surface area contributed by atoms with Crippen molar-refractivity contribution >= 4 is 11.6 Å². The average molecular weight is 385 g/mol. The van der Waals surface area contributed by atoms with Gasteiger partial charge in [-0.15, -0.1) is 0 Å². The highest BCUT2D eigenvalue weighted by molar-refractivity contribution is 5.75. The quantitative estimate of drug-likeness (QED) is 0.580. The van der Waals surface area contributed by atoms with Gasteiger partial charge in [-0.1, -0.05) is 6.07 Å². The lowest BCUT2D eigenvalue weighted by molar-refractivity contribution is 0.609. The Morgan fingerprint density at radius 3 is 3.00 bits per heavy atom. The number of aryl methyl sites for hydroxylation is 1. The number of nitrogens with one attached hydrogen (secondary N) is 1. The number of fused-ring (bicyclic) bond motifs is 2. The van der Waals surface area contributed by atoms with E-state index < -0.39 is 0 Å². The normalized spacial score (nSPS) is 12.7. The lowest BCUT2D eigenvalue weighted by Crippen LogP contribution is -2.10. The van der Waals surface area contributed by atoms with Gasteiger partial charge in [0.05, 0.1) is 17.5 Å². The largest absolute Gasteiger partial charge is 0.351 e. The summed E-state index contributed by atoms with van der Waals surface area (Å²) in [5.41, 5.74) is 5.06. The van der Waals surface area contributed by atoms with Crippen LogP contribution in [0.3, 0.4) is 0 Å². The Morgan fingerprint density at radius 2 is 2.17 bits per heavy atom. The molecule has 0 amide bonds. The molecule has 4 aromatic rings. The number of nitriles is 1. The molecule has 1 aliphatic carbocycles. The van der Waals surface area contributed by atoms with E-state index in [4.69, 9.17) is 0 Å². The van der Waals surface area contributed by atoms with Crippen LogP contribution in [0, 0.1) is 17.1 Å². The van der Waals surface area contributed by atoms with Crippen molar-refractivity contribution in [2.75, 3.05) is 5.32 Å². The van der Waals surface area contributed by atoms with Gasteiger partial charge in [0.2, 0.25) is 5.95 Å². The second kappa shape index (κ2) is 6.95. The van der Waals surface area contributed by atoms with Crippen molar-refractivity contribution in [2.24, 2.45) is 0 Å². The minimum absolute atomic E-state index is 0.214. The summed E-state index contributed by atoms with van der Waals surface area (Å²) in [6, 6.07) is 9.05. The van der Waals surface area contributed by atoms with Crippen molar-refractivity contribution in [3.8, 4) is 17.3 Å². The van der Waals surface area contributed by atoms with Crippen LogP contribution in [0.25, 0.3) is 16.9 Å². The van der Waals surface area contributed by atoms with Crippen molar-refractivity contribution in [2.45, 2.75) is 25.8 Å². The molecule has 0 saturated heterocycles. The zero-order chi connectivity index (χ0) is 19.8. The molecule has 7 nitrogen and oxygen atoms in total. The molecule has 3 heterocycles. The average Bonchev–Trinajstić information content (AvgIpc) is 3.40. The van der Waals surface area contributed by atoms with E-state index in [1.54, 1.807) is 35.1 Å². The summed E-state index contributed by atoms with van der Waals surface area (Å²) in [6.45, 7) is 0.307. The SMILES string of the molecule is N#Cc1cn2c(NCc3c(F)ccc4c3CCC4)ncc(-c3cccnn3)c2n1. The third-order valence-corrected chi connectivity index (χ3v) is 5.22. The maximum absolute atomic E-state index is 14.5. The first-order chi connectivity index (χ1) is 14.2. The first-order valence-corrected chi connectivity index (χ1v) is 9.34. The molecule has 3 aromatic heterocycles. The van der Waals surface area contributed by atoms with Gasteiger partial charge in [0.25, 0.3) is 0 Å². The van der Waals surface area contributed by atoms with E-state index in [2.05, 4.69) is 31.6 Å². The zero-order valence-corrected chi connectivity index (χ0v) is 15.4. The Balaban J connectivity index is 1.55. The van der Waals surface area contributed by atoms with E-state index in [1.165, 1.54) is 11.6 Å². The molecule has 0 bridgehead atoms. The molecular formula is C21H16FN7. The fourth-order valence-corrected chi connectivity index (χ4v) is 3.86. The molecule has 0 saturated carbocycles. The highest BCUT2D eigenvalue weighted by Crippen LogP contribution is 2.28. The second-order valence-electron chi connectivity index (χ2n) is 6.91. The molecule has 1 N–H and O–H groups in total. The fraction of sp³-hybridized carbons (Fsp3) is 0.190. The van der Waals surface area contributed by atoms with Crippen molar-refractivity contribution in [1.29, 1.82) is 5.26 Å². The molecule has 1 aliphatic rings. The molecule has 142 valence electrons. The Bertz CT molecular complexity index is 1260. The molecule has 0 fully saturated rings. The lowest BCUT2D eigenvalue weighted by atomic mass is 10.0. The fourth-order valence-electron chi connectivity index (χ4n) is 3.86. The van der Waals surface area contributed by atoms with Crippen LogP contribution in [0.2, 0.25) is 0 Å². The van der Waals surface area contributed by atoms with Gasteiger partial charge >= 0.3 is 0 Å². The molecule has 1 aromatic carbocycles. The predicted octanol–water partition coefficient (Wildman–Crippen LogP) is 3.30. The monoisotopic (exact) mass is 385 g/mol. The Morgan fingerprint density at radius 1 is 1.24 bits per heavy atom. The topological polar surface area (TPSA) is 91.8 Å². The molecule has 29 heavy (non-hydrogen) atoms. The highest BCUT2D eigenvalue weighted by atomic mass is 19.1. The molecule has 0 unspecified atom stereocenters. The third-order valence-electron chi connectivity index (χ3n) is 5.22. The van der Waals surface area contributed by atoms with Crippen LogP contribution in [-0.2, 0) is 19.4 Å². The van der Waals surface area contributed by atoms with E-state index in [0.717, 1.165) is 24.8 Å². The van der Waals surface area contributed by atoms with Crippen molar-refractivity contribution < 1.29 is 4.39 Å². The van der Waals surface area contributed by atoms with Crippen LogP contribution in [-0.4, -0.2) is 24.6 Å². The van der Waals surface area contributed by atoms with E-state index in [0.29, 0.717) is 35.0 Å². The Labute approximate surface area is 165 Å². The third kappa shape index (κ3) is 2.97. The van der Waals surface area contributed by atoms with Gasteiger partial charge in [-0.2, -0.15) is 15.5 Å². The van der Waals surface area contributed by atoms with Gasteiger partial charge in [0, 0.05) is 24.5 Å². The van der Waals surface area contributed by atoms with Crippen LogP contribution in [0.15, 0.2) is 42.9 Å². The predicted molar refractivity (Wildman–Crippen MR) is 104 cm³/mol. The Kier molecular flexibility index (Phi) is 4.13. The lowest BCUT2D eigenvalue weighted by Gasteiger charge is -2.13. The van der Waals surface area contributed by atoms with E-state index in [-0.39, 0.29) is 11.5 Å². The van der Waals surface area contributed by atoms with Crippen LogP contribution in [0.5, 0.6) is 0 Å². The van der Waals surface area contributed by atoms with Crippen LogP contribution < -0.4 is 5.32 Å². The van der Waals surface area contributed by atoms with Crippen LogP contribution in [0.4, 0.5) is 10.3 Å². The Hall–Kier alpha value is -3.86. The number of benzene rings is 1. The maximum Gasteiger partial charge on any atom is 0.208 e. The molecule has 0 aliphatic heterocycles. The zero-order valence-electron chi connectivity index (χ0n) is 15.4. The minimum atomic E-state index is -0.214. The first kappa shape index (κ1) is 17.3. The number of aromatic nitrogens is 5.